The Morgan fingerprint density at radius 1 is 1.26 bits per heavy atom. The second kappa shape index (κ2) is 10.1. The third-order valence-corrected chi connectivity index (χ3v) is 7.62. The zero-order chi connectivity index (χ0) is 25.2. The molecule has 3 rings (SSSR count). The number of carbonyl (C=O) groups is 2. The van der Waals surface area contributed by atoms with Crippen LogP contribution in [-0.2, 0) is 26.0 Å². The fourth-order valence-corrected chi connectivity index (χ4v) is 5.84. The number of nitrogens with two attached hydrogens (primary N) is 1. The Bertz CT molecular complexity index is 1220. The third kappa shape index (κ3) is 5.40. The van der Waals surface area contributed by atoms with Crippen molar-refractivity contribution in [3.05, 3.63) is 20.8 Å². The number of anilines is 2. The molecule has 34 heavy (non-hydrogen) atoms. The lowest BCUT2D eigenvalue weighted by atomic mass is 10.1. The number of aromatic nitrogens is 2. The van der Waals surface area contributed by atoms with Gasteiger partial charge >= 0.3 is 5.69 Å². The van der Waals surface area contributed by atoms with Crippen LogP contribution in [-0.4, -0.2) is 64.6 Å². The van der Waals surface area contributed by atoms with E-state index in [4.69, 9.17) is 5.73 Å². The van der Waals surface area contributed by atoms with Gasteiger partial charge in [0.05, 0.1) is 17.5 Å². The first kappa shape index (κ1) is 25.7. The average Bonchev–Trinajstić information content (AvgIpc) is 3.12. The molecule has 0 radical (unpaired) electrons. The number of aromatic amines is 1. The van der Waals surface area contributed by atoms with Crippen molar-refractivity contribution < 1.29 is 18.0 Å². The first-order valence-corrected chi connectivity index (χ1v) is 13.3. The highest BCUT2D eigenvalue weighted by Gasteiger charge is 2.38. The summed E-state index contributed by atoms with van der Waals surface area (Å²) < 4.78 is 25.0. The smallest absolute Gasteiger partial charge is 0.330 e. The lowest BCUT2D eigenvalue weighted by Crippen LogP contribution is -2.47. The van der Waals surface area contributed by atoms with Crippen LogP contribution in [0.3, 0.4) is 0 Å². The van der Waals surface area contributed by atoms with Gasteiger partial charge in [0, 0.05) is 25.9 Å². The van der Waals surface area contributed by atoms with Crippen molar-refractivity contribution in [1.29, 1.82) is 0 Å². The lowest BCUT2D eigenvalue weighted by molar-refractivity contribution is -0.133. The van der Waals surface area contributed by atoms with Gasteiger partial charge in [0.1, 0.15) is 11.5 Å². The maximum Gasteiger partial charge on any atom is 0.330 e. The van der Waals surface area contributed by atoms with Gasteiger partial charge < -0.3 is 5.73 Å². The maximum atomic E-state index is 13.6. The molecule has 188 valence electrons. The van der Waals surface area contributed by atoms with Crippen molar-refractivity contribution >= 4 is 38.9 Å². The second-order valence-corrected chi connectivity index (χ2v) is 11.4. The van der Waals surface area contributed by atoms with Crippen LogP contribution < -0.4 is 21.9 Å². The summed E-state index contributed by atoms with van der Waals surface area (Å²) in [5.41, 5.74) is 4.71. The summed E-state index contributed by atoms with van der Waals surface area (Å²) in [6.07, 6.45) is 1.60. The van der Waals surface area contributed by atoms with Crippen molar-refractivity contribution in [3.8, 4) is 0 Å². The molecule has 1 fully saturated rings. The van der Waals surface area contributed by atoms with Gasteiger partial charge in [0.25, 0.3) is 11.5 Å². The van der Waals surface area contributed by atoms with Crippen LogP contribution >= 0.6 is 0 Å². The number of hydrazone groups is 1. The Kier molecular flexibility index (Phi) is 7.64. The number of unbranched alkanes of at least 4 members (excludes halogenated alkanes) is 1. The number of hydrogen-bond acceptors (Lipinski definition) is 8. The number of nitrogen functional groups attached to an aromatic ring is 1. The summed E-state index contributed by atoms with van der Waals surface area (Å²) in [4.78, 5) is 54.6. The SMILES string of the molecule is CCCCN(C(=O)C1=NN(C2CCS(=O)(=O)C2)C(=O)CC1)c1c(N)n(CC(C)C)c(=O)[nH]c1=O. The maximum absolute atomic E-state index is 13.6. The normalized spacial score (nSPS) is 20.0. The van der Waals surface area contributed by atoms with Gasteiger partial charge in [-0.05, 0) is 18.8 Å². The van der Waals surface area contributed by atoms with Crippen LogP contribution in [0.4, 0.5) is 11.5 Å². The number of amides is 2. The van der Waals surface area contributed by atoms with E-state index < -0.39 is 33.0 Å². The summed E-state index contributed by atoms with van der Waals surface area (Å²) in [7, 11) is -3.26. The molecule has 3 heterocycles. The molecule has 3 N–H and O–H groups in total. The minimum Gasteiger partial charge on any atom is -0.383 e. The topological polar surface area (TPSA) is 168 Å². The van der Waals surface area contributed by atoms with Crippen LogP contribution in [0.2, 0.25) is 0 Å². The Labute approximate surface area is 197 Å². The summed E-state index contributed by atoms with van der Waals surface area (Å²) >= 11 is 0. The van der Waals surface area contributed by atoms with E-state index in [-0.39, 0.29) is 72.9 Å². The van der Waals surface area contributed by atoms with E-state index in [1.165, 1.54) is 9.47 Å². The van der Waals surface area contributed by atoms with Gasteiger partial charge in [0.2, 0.25) is 5.91 Å². The van der Waals surface area contributed by atoms with E-state index in [1.54, 1.807) is 0 Å². The molecule has 2 amide bonds. The molecule has 0 spiro atoms. The number of hydrogen-bond donors (Lipinski definition) is 2. The molecule has 2 aliphatic rings. The molecule has 0 saturated carbocycles. The molecule has 12 nitrogen and oxygen atoms in total. The summed E-state index contributed by atoms with van der Waals surface area (Å²) in [6, 6.07) is -0.619. The molecule has 1 atom stereocenters. The molecular formula is C21H32N6O6S. The van der Waals surface area contributed by atoms with Crippen LogP contribution in [0, 0.1) is 5.92 Å². The quantitative estimate of drug-likeness (QED) is 0.513. The first-order chi connectivity index (χ1) is 15.9. The van der Waals surface area contributed by atoms with Crippen molar-refractivity contribution in [1.82, 2.24) is 14.6 Å². The highest BCUT2D eigenvalue weighted by atomic mass is 32.2. The lowest BCUT2D eigenvalue weighted by Gasteiger charge is -2.30. The van der Waals surface area contributed by atoms with Gasteiger partial charge in [-0.15, -0.1) is 0 Å². The third-order valence-electron chi connectivity index (χ3n) is 5.87. The average molecular weight is 497 g/mol. The number of nitrogens with zero attached hydrogens (tertiary/aromatic N) is 4. The van der Waals surface area contributed by atoms with Crippen molar-refractivity contribution in [2.45, 2.75) is 65.5 Å². The van der Waals surface area contributed by atoms with E-state index in [0.717, 1.165) is 11.4 Å². The Hall–Kier alpha value is -2.96. The molecule has 1 saturated heterocycles. The molecule has 1 aromatic heterocycles. The second-order valence-electron chi connectivity index (χ2n) is 9.15. The Morgan fingerprint density at radius 2 is 1.97 bits per heavy atom. The van der Waals surface area contributed by atoms with Gasteiger partial charge in [-0.2, -0.15) is 5.10 Å². The molecule has 0 aromatic carbocycles. The van der Waals surface area contributed by atoms with Crippen LogP contribution in [0.25, 0.3) is 0 Å². The molecule has 2 aliphatic heterocycles. The van der Waals surface area contributed by atoms with Crippen LogP contribution in [0.15, 0.2) is 14.7 Å². The zero-order valence-electron chi connectivity index (χ0n) is 19.7. The van der Waals surface area contributed by atoms with E-state index >= 15 is 0 Å². The monoisotopic (exact) mass is 496 g/mol. The van der Waals surface area contributed by atoms with Crippen molar-refractivity contribution in [3.63, 3.8) is 0 Å². The predicted octanol–water partition coefficient (Wildman–Crippen LogP) is 0.0734. The minimum atomic E-state index is -3.26. The molecule has 1 unspecified atom stereocenters. The fraction of sp³-hybridized carbons (Fsp3) is 0.667. The number of nitrogens with one attached hydrogen (secondary N) is 1. The number of rotatable bonds is 8. The first-order valence-electron chi connectivity index (χ1n) is 11.5. The van der Waals surface area contributed by atoms with E-state index in [1.807, 2.05) is 20.8 Å². The van der Waals surface area contributed by atoms with Gasteiger partial charge in [-0.1, -0.05) is 27.2 Å². The van der Waals surface area contributed by atoms with E-state index in [9.17, 15) is 27.6 Å². The predicted molar refractivity (Wildman–Crippen MR) is 128 cm³/mol. The van der Waals surface area contributed by atoms with Gasteiger partial charge in [-0.3, -0.25) is 28.8 Å². The van der Waals surface area contributed by atoms with Crippen LogP contribution in [0.1, 0.15) is 52.9 Å². The summed E-state index contributed by atoms with van der Waals surface area (Å²) in [5, 5.41) is 5.34. The van der Waals surface area contributed by atoms with Crippen molar-refractivity contribution in [2.24, 2.45) is 11.0 Å². The molecule has 0 aliphatic carbocycles. The standard InChI is InChI=1S/C21H32N6O6S/c1-4-5-9-25(17-18(22)26(11-13(2)3)21(31)23-19(17)29)20(30)15-6-7-16(28)27(24-15)14-8-10-34(32,33)12-14/h13-14H,4-12,22H2,1-3H3,(H,23,29,31). The Balaban J connectivity index is 2.03. The van der Waals surface area contributed by atoms with Gasteiger partial charge in [-0.25, -0.2) is 18.2 Å². The van der Waals surface area contributed by atoms with Gasteiger partial charge in [0.15, 0.2) is 15.5 Å². The molecule has 13 heteroatoms. The molecular weight excluding hydrogens is 464 g/mol. The van der Waals surface area contributed by atoms with E-state index in [0.29, 0.717) is 6.42 Å². The minimum absolute atomic E-state index is 0.00141. The Morgan fingerprint density at radius 3 is 2.56 bits per heavy atom. The summed E-state index contributed by atoms with van der Waals surface area (Å²) in [5.74, 6) is -1.23. The molecule has 1 aromatic rings. The van der Waals surface area contributed by atoms with Crippen LogP contribution in [0.5, 0.6) is 0 Å². The summed E-state index contributed by atoms with van der Waals surface area (Å²) in [6.45, 7) is 6.12. The zero-order valence-corrected chi connectivity index (χ0v) is 20.6. The number of sulfone groups is 1. The van der Waals surface area contributed by atoms with Crippen molar-refractivity contribution in [2.75, 3.05) is 28.7 Å². The van der Waals surface area contributed by atoms with E-state index in [2.05, 4.69) is 10.1 Å². The highest BCUT2D eigenvalue weighted by molar-refractivity contribution is 7.91. The number of H-pyrrole nitrogens is 1. The fourth-order valence-electron chi connectivity index (χ4n) is 4.15. The highest BCUT2D eigenvalue weighted by Crippen LogP contribution is 2.24. The molecule has 0 bridgehead atoms. The number of carbonyl (C=O) groups excluding carboxylic acids is 2. The largest absolute Gasteiger partial charge is 0.383 e.